The molecule has 0 heterocycles. The van der Waals surface area contributed by atoms with E-state index in [9.17, 15) is 14.9 Å². The zero-order chi connectivity index (χ0) is 16.1. The molecule has 0 aliphatic carbocycles. The fourth-order valence-electron chi connectivity index (χ4n) is 1.71. The van der Waals surface area contributed by atoms with E-state index in [1.807, 2.05) is 0 Å². The minimum Gasteiger partial charge on any atom is -0.623 e. The summed E-state index contributed by atoms with van der Waals surface area (Å²) in [5, 5.41) is 20.4. The number of nitrogens with zero attached hydrogens (tertiary/aromatic N) is 1. The molecule has 7 heteroatoms. The van der Waals surface area contributed by atoms with Crippen LogP contribution in [0.4, 0.5) is 0 Å². The Morgan fingerprint density at radius 3 is 2.38 bits per heavy atom. The van der Waals surface area contributed by atoms with Crippen molar-refractivity contribution >= 4 is 13.8 Å². The van der Waals surface area contributed by atoms with Gasteiger partial charge in [-0.05, 0) is 32.0 Å². The van der Waals surface area contributed by atoms with Crippen LogP contribution in [-0.4, -0.2) is 34.6 Å². The summed E-state index contributed by atoms with van der Waals surface area (Å²) in [6, 6.07) is 6.22. The van der Waals surface area contributed by atoms with Crippen molar-refractivity contribution in [3.63, 3.8) is 0 Å². The van der Waals surface area contributed by atoms with Crippen molar-refractivity contribution in [1.82, 2.24) is 0 Å². The van der Waals surface area contributed by atoms with Gasteiger partial charge in [-0.1, -0.05) is 6.07 Å². The van der Waals surface area contributed by atoms with E-state index >= 15 is 0 Å². The van der Waals surface area contributed by atoms with Gasteiger partial charge in [-0.2, -0.15) is 4.74 Å². The molecular formula is C14H22NO5P. The number of phenols is 1. The van der Waals surface area contributed by atoms with Gasteiger partial charge in [0, 0.05) is 19.4 Å². The third-order valence-electron chi connectivity index (χ3n) is 2.94. The summed E-state index contributed by atoms with van der Waals surface area (Å²) in [7, 11) is -3.61. The summed E-state index contributed by atoms with van der Waals surface area (Å²) < 4.78 is 23.8. The predicted molar refractivity (Wildman–Crippen MR) is 81.8 cm³/mol. The molecule has 1 rings (SSSR count). The molecule has 0 aliphatic heterocycles. The van der Waals surface area contributed by atoms with Crippen molar-refractivity contribution in [3.8, 4) is 5.75 Å². The predicted octanol–water partition coefficient (Wildman–Crippen LogP) is 3.32. The molecule has 6 nitrogen and oxygen atoms in total. The van der Waals surface area contributed by atoms with Crippen LogP contribution in [0.1, 0.15) is 33.3 Å². The third-order valence-corrected chi connectivity index (χ3v) is 5.68. The van der Waals surface area contributed by atoms with Gasteiger partial charge in [-0.3, -0.25) is 4.57 Å². The van der Waals surface area contributed by atoms with Gasteiger partial charge in [-0.25, -0.2) is 0 Å². The van der Waals surface area contributed by atoms with Crippen LogP contribution in [0.3, 0.4) is 0 Å². The van der Waals surface area contributed by atoms with Crippen LogP contribution >= 0.6 is 7.60 Å². The number of phenolic OH excluding ortho intramolecular Hbond substituents is 1. The summed E-state index contributed by atoms with van der Waals surface area (Å²) in [6.45, 7) is 6.75. The smallest absolute Gasteiger partial charge is 0.401 e. The van der Waals surface area contributed by atoms with E-state index in [4.69, 9.17) is 9.05 Å². The van der Waals surface area contributed by atoms with Gasteiger partial charge in [0.25, 0.3) is 5.28 Å². The second-order valence-electron chi connectivity index (χ2n) is 4.88. The molecular weight excluding hydrogens is 293 g/mol. The van der Waals surface area contributed by atoms with Crippen LogP contribution < -0.4 is 0 Å². The second kappa shape index (κ2) is 7.07. The average molecular weight is 315 g/mol. The van der Waals surface area contributed by atoms with E-state index in [0.717, 1.165) is 0 Å². The average Bonchev–Trinajstić information content (AvgIpc) is 2.39. The van der Waals surface area contributed by atoms with Crippen molar-refractivity contribution in [3.05, 3.63) is 35.0 Å². The Balaban J connectivity index is 3.17. The molecule has 0 saturated heterocycles. The maximum Gasteiger partial charge on any atom is 0.401 e. The van der Waals surface area contributed by atoms with E-state index in [0.29, 0.717) is 10.3 Å². The Hall–Kier alpha value is -1.36. The lowest BCUT2D eigenvalue weighted by atomic mass is 10.2. The van der Waals surface area contributed by atoms with Gasteiger partial charge < -0.3 is 19.4 Å². The topological polar surface area (TPSA) is 81.8 Å². The van der Waals surface area contributed by atoms with Crippen LogP contribution in [0.5, 0.6) is 5.75 Å². The summed E-state index contributed by atoms with van der Waals surface area (Å²) in [5.41, 5.74) is 0.498. The zero-order valence-corrected chi connectivity index (χ0v) is 13.7. The first-order valence-electron chi connectivity index (χ1n) is 6.76. The van der Waals surface area contributed by atoms with E-state index in [2.05, 4.69) is 0 Å². The number of hydroxylamine groups is 1. The Labute approximate surface area is 125 Å². The van der Waals surface area contributed by atoms with Crippen LogP contribution in [0.15, 0.2) is 24.3 Å². The molecule has 21 heavy (non-hydrogen) atoms. The largest absolute Gasteiger partial charge is 0.623 e. The molecule has 0 bridgehead atoms. The molecule has 0 aromatic heterocycles. The van der Waals surface area contributed by atoms with Crippen molar-refractivity contribution in [2.75, 3.05) is 13.2 Å². The molecule has 0 saturated carbocycles. The molecule has 1 N–H and O–H groups in total. The minimum absolute atomic E-state index is 0.0488. The lowest BCUT2D eigenvalue weighted by molar-refractivity contribution is -0.510. The van der Waals surface area contributed by atoms with Crippen molar-refractivity contribution in [1.29, 1.82) is 0 Å². The Kier molecular flexibility index (Phi) is 5.96. The second-order valence-corrected chi connectivity index (χ2v) is 7.48. The SMILES string of the molecule is CCOP(=O)(OCC)C(C)(C)/[N+]([O-])=C/c1cccc(O)c1. The minimum atomic E-state index is -3.61. The van der Waals surface area contributed by atoms with Gasteiger partial charge in [0.05, 0.1) is 13.2 Å². The van der Waals surface area contributed by atoms with E-state index in [-0.39, 0.29) is 19.0 Å². The normalized spacial score (nSPS) is 13.4. The Morgan fingerprint density at radius 1 is 1.33 bits per heavy atom. The molecule has 0 atom stereocenters. The quantitative estimate of drug-likeness (QED) is 0.274. The van der Waals surface area contributed by atoms with E-state index in [1.54, 1.807) is 26.0 Å². The standard InChI is InChI=1S/C14H22NO5P/c1-5-19-21(18,20-6-2)14(3,4)15(17)11-12-8-7-9-13(16)10-12/h7-11,16H,5-6H2,1-4H3/b15-11-. The number of aromatic hydroxyl groups is 1. The van der Waals surface area contributed by atoms with E-state index < -0.39 is 12.9 Å². The highest BCUT2D eigenvalue weighted by molar-refractivity contribution is 7.55. The Bertz CT molecular complexity index is 546. The highest BCUT2D eigenvalue weighted by Gasteiger charge is 2.51. The molecule has 0 aliphatic rings. The van der Waals surface area contributed by atoms with Gasteiger partial charge >= 0.3 is 7.60 Å². The van der Waals surface area contributed by atoms with Crippen LogP contribution in [0.25, 0.3) is 0 Å². The number of benzene rings is 1. The van der Waals surface area contributed by atoms with E-state index in [1.165, 1.54) is 32.2 Å². The van der Waals surface area contributed by atoms with Gasteiger partial charge in [0.1, 0.15) is 5.75 Å². The lowest BCUT2D eigenvalue weighted by Gasteiger charge is -2.30. The van der Waals surface area contributed by atoms with Gasteiger partial charge in [0.2, 0.25) is 0 Å². The number of rotatable bonds is 7. The fraction of sp³-hybridized carbons (Fsp3) is 0.500. The molecule has 0 fully saturated rings. The Morgan fingerprint density at radius 2 is 1.90 bits per heavy atom. The fourth-order valence-corrected chi connectivity index (χ4v) is 3.40. The summed E-state index contributed by atoms with van der Waals surface area (Å²) in [6.07, 6.45) is 1.25. The highest BCUT2D eigenvalue weighted by Crippen LogP contribution is 2.59. The molecule has 0 spiro atoms. The molecule has 0 radical (unpaired) electrons. The van der Waals surface area contributed by atoms with Crippen molar-refractivity contribution in [2.24, 2.45) is 0 Å². The number of hydrogen-bond acceptors (Lipinski definition) is 5. The highest BCUT2D eigenvalue weighted by atomic mass is 31.2. The molecule has 1 aromatic rings. The van der Waals surface area contributed by atoms with Crippen molar-refractivity contribution < 1.29 is 23.5 Å². The summed E-state index contributed by atoms with van der Waals surface area (Å²) in [4.78, 5) is 0. The summed E-state index contributed by atoms with van der Waals surface area (Å²) in [5.74, 6) is 0.0488. The molecule has 0 amide bonds. The van der Waals surface area contributed by atoms with Crippen LogP contribution in [0.2, 0.25) is 0 Å². The number of hydrogen-bond donors (Lipinski definition) is 1. The summed E-state index contributed by atoms with van der Waals surface area (Å²) >= 11 is 0. The maximum absolute atomic E-state index is 12.8. The van der Waals surface area contributed by atoms with Crippen LogP contribution in [-0.2, 0) is 13.6 Å². The lowest BCUT2D eigenvalue weighted by Crippen LogP contribution is -2.35. The molecule has 118 valence electrons. The molecule has 1 aromatic carbocycles. The molecule has 0 unspecified atom stereocenters. The maximum atomic E-state index is 12.8. The first kappa shape index (κ1) is 17.7. The first-order valence-corrected chi connectivity index (χ1v) is 8.30. The monoisotopic (exact) mass is 315 g/mol. The van der Waals surface area contributed by atoms with Crippen molar-refractivity contribution in [2.45, 2.75) is 33.0 Å². The van der Waals surface area contributed by atoms with Gasteiger partial charge in [-0.15, -0.1) is 0 Å². The van der Waals surface area contributed by atoms with Gasteiger partial charge in [0.15, 0.2) is 6.21 Å². The first-order chi connectivity index (χ1) is 9.76. The third kappa shape index (κ3) is 4.06. The zero-order valence-electron chi connectivity index (χ0n) is 12.8. The van der Waals surface area contributed by atoms with Crippen LogP contribution in [0, 0.1) is 5.21 Å².